The summed E-state index contributed by atoms with van der Waals surface area (Å²) in [6.07, 6.45) is 0. The van der Waals surface area contributed by atoms with Gasteiger partial charge in [0.1, 0.15) is 11.4 Å². The molecule has 0 saturated heterocycles. The summed E-state index contributed by atoms with van der Waals surface area (Å²) in [5.41, 5.74) is 0.930. The molecule has 0 atom stereocenters. The van der Waals surface area contributed by atoms with Gasteiger partial charge in [0.15, 0.2) is 2.14 Å². The zero-order valence-electron chi connectivity index (χ0n) is 8.85. The van der Waals surface area contributed by atoms with Crippen LogP contribution >= 0.6 is 47.8 Å². The van der Waals surface area contributed by atoms with Crippen LogP contribution in [0.1, 0.15) is 26.3 Å². The van der Waals surface area contributed by atoms with E-state index >= 15 is 0 Å². The van der Waals surface area contributed by atoms with Gasteiger partial charge >= 0.3 is 0 Å². The number of benzene rings is 1. The molecule has 0 heterocycles. The topological polar surface area (TPSA) is 9.23 Å². The highest BCUT2D eigenvalue weighted by atomic mass is 80.0. The Kier molecular flexibility index (Phi) is 4.29. The molecule has 0 saturated carbocycles. The second kappa shape index (κ2) is 4.76. The van der Waals surface area contributed by atoms with Crippen molar-refractivity contribution in [2.45, 2.75) is 28.5 Å². The van der Waals surface area contributed by atoms with E-state index in [0.29, 0.717) is 0 Å². The third-order valence-corrected chi connectivity index (χ3v) is 2.98. The molecule has 1 rings (SSSR count). The molecule has 0 aliphatic carbocycles. The molecule has 1 aromatic rings. The van der Waals surface area contributed by atoms with Crippen molar-refractivity contribution in [3.05, 3.63) is 29.8 Å². The van der Waals surface area contributed by atoms with Crippen LogP contribution in [0.4, 0.5) is 0 Å². The van der Waals surface area contributed by atoms with Crippen molar-refractivity contribution in [2.75, 3.05) is 0 Å². The highest BCUT2D eigenvalue weighted by Crippen LogP contribution is 2.44. The molecule has 84 valence electrons. The van der Waals surface area contributed by atoms with Gasteiger partial charge in [-0.15, -0.1) is 0 Å². The highest BCUT2D eigenvalue weighted by Gasteiger charge is 2.20. The molecule has 0 unspecified atom stereocenters. The molecule has 1 aromatic carbocycles. The fourth-order valence-corrected chi connectivity index (χ4v) is 1.86. The fraction of sp³-hybridized carbons (Fsp3) is 0.455. The van der Waals surface area contributed by atoms with E-state index in [2.05, 4.69) is 47.8 Å². The lowest BCUT2D eigenvalue weighted by Crippen LogP contribution is -2.22. The Morgan fingerprint density at radius 3 is 1.73 bits per heavy atom. The van der Waals surface area contributed by atoms with Crippen molar-refractivity contribution >= 4 is 47.8 Å². The quantitative estimate of drug-likeness (QED) is 0.592. The van der Waals surface area contributed by atoms with E-state index in [9.17, 15) is 0 Å². The molecule has 0 aromatic heterocycles. The standard InChI is InChI=1S/C11H13Br3O/c1-10(2,3)15-9-6-4-8(5-7-9)11(12,13)14/h4-7H,1-3H3. The lowest BCUT2D eigenvalue weighted by molar-refractivity contribution is 0.131. The first-order chi connectivity index (χ1) is 6.68. The lowest BCUT2D eigenvalue weighted by atomic mass is 10.2. The maximum atomic E-state index is 5.72. The van der Waals surface area contributed by atoms with Gasteiger partial charge in [0.25, 0.3) is 0 Å². The number of ether oxygens (including phenoxy) is 1. The number of rotatable bonds is 1. The van der Waals surface area contributed by atoms with Gasteiger partial charge in [-0.3, -0.25) is 0 Å². The molecular formula is C11H13Br3O. The molecule has 15 heavy (non-hydrogen) atoms. The second-order valence-corrected chi connectivity index (χ2v) is 11.0. The summed E-state index contributed by atoms with van der Waals surface area (Å²) in [7, 11) is 0. The van der Waals surface area contributed by atoms with E-state index in [1.54, 1.807) is 0 Å². The minimum Gasteiger partial charge on any atom is -0.488 e. The zero-order chi connectivity index (χ0) is 11.7. The van der Waals surface area contributed by atoms with Crippen LogP contribution in [0.3, 0.4) is 0 Å². The Labute approximate surface area is 116 Å². The van der Waals surface area contributed by atoms with Gasteiger partial charge in [-0.1, -0.05) is 59.9 Å². The smallest absolute Gasteiger partial charge is 0.159 e. The minimum atomic E-state index is -0.354. The molecule has 0 fully saturated rings. The molecule has 0 radical (unpaired) electrons. The van der Waals surface area contributed by atoms with E-state index in [0.717, 1.165) is 11.3 Å². The van der Waals surface area contributed by atoms with Gasteiger partial charge < -0.3 is 4.74 Å². The molecule has 0 spiro atoms. The van der Waals surface area contributed by atoms with Gasteiger partial charge in [-0.2, -0.15) is 0 Å². The van der Waals surface area contributed by atoms with Crippen LogP contribution in [-0.4, -0.2) is 5.60 Å². The van der Waals surface area contributed by atoms with Gasteiger partial charge in [-0.05, 0) is 38.5 Å². The first kappa shape index (κ1) is 13.5. The van der Waals surface area contributed by atoms with E-state index in [-0.39, 0.29) is 7.74 Å². The molecule has 1 nitrogen and oxygen atoms in total. The average molecular weight is 401 g/mol. The number of halogens is 3. The largest absolute Gasteiger partial charge is 0.488 e. The molecule has 0 aliphatic heterocycles. The van der Waals surface area contributed by atoms with E-state index in [4.69, 9.17) is 4.74 Å². The molecular weight excluding hydrogens is 388 g/mol. The monoisotopic (exact) mass is 398 g/mol. The van der Waals surface area contributed by atoms with Crippen molar-refractivity contribution in [2.24, 2.45) is 0 Å². The van der Waals surface area contributed by atoms with E-state index in [1.165, 1.54) is 0 Å². The summed E-state index contributed by atoms with van der Waals surface area (Å²) < 4.78 is 5.37. The first-order valence-electron chi connectivity index (χ1n) is 4.55. The minimum absolute atomic E-state index is 0.157. The summed E-state index contributed by atoms with van der Waals surface area (Å²) in [6.45, 7) is 6.10. The predicted octanol–water partition coefficient (Wildman–Crippen LogP) is 5.16. The van der Waals surface area contributed by atoms with Gasteiger partial charge in [0, 0.05) is 0 Å². The van der Waals surface area contributed by atoms with Crippen molar-refractivity contribution in [1.82, 2.24) is 0 Å². The van der Waals surface area contributed by atoms with Crippen molar-refractivity contribution in [3.8, 4) is 5.75 Å². The Hall–Kier alpha value is 0.460. The Bertz CT molecular complexity index is 319. The normalized spacial score (nSPS) is 12.7. The highest BCUT2D eigenvalue weighted by molar-refractivity contribution is 9.38. The van der Waals surface area contributed by atoms with Crippen LogP contribution in [0.15, 0.2) is 24.3 Å². The molecule has 0 bridgehead atoms. The van der Waals surface area contributed by atoms with E-state index < -0.39 is 0 Å². The maximum Gasteiger partial charge on any atom is 0.159 e. The summed E-state index contributed by atoms with van der Waals surface area (Å²) in [4.78, 5) is 0. The fourth-order valence-electron chi connectivity index (χ4n) is 1.07. The summed E-state index contributed by atoms with van der Waals surface area (Å²) >= 11 is 10.4. The summed E-state index contributed by atoms with van der Waals surface area (Å²) in [5.74, 6) is 0.878. The first-order valence-corrected chi connectivity index (χ1v) is 6.93. The van der Waals surface area contributed by atoms with E-state index in [1.807, 2.05) is 45.0 Å². The maximum absolute atomic E-state index is 5.72. The van der Waals surface area contributed by atoms with Crippen LogP contribution in [0, 0.1) is 0 Å². The van der Waals surface area contributed by atoms with Crippen LogP contribution in [0.5, 0.6) is 5.75 Å². The molecule has 4 heteroatoms. The van der Waals surface area contributed by atoms with Gasteiger partial charge in [0.2, 0.25) is 0 Å². The number of hydrogen-bond acceptors (Lipinski definition) is 1. The third-order valence-electron chi connectivity index (χ3n) is 1.61. The molecule has 0 aliphatic rings. The van der Waals surface area contributed by atoms with Crippen LogP contribution in [-0.2, 0) is 2.14 Å². The molecule has 0 amide bonds. The zero-order valence-corrected chi connectivity index (χ0v) is 13.6. The number of alkyl halides is 3. The predicted molar refractivity (Wildman–Crippen MR) is 75.3 cm³/mol. The van der Waals surface area contributed by atoms with Crippen LogP contribution < -0.4 is 4.74 Å². The molecule has 0 N–H and O–H groups in total. The SMILES string of the molecule is CC(C)(C)Oc1ccc(C(Br)(Br)Br)cc1. The van der Waals surface area contributed by atoms with Crippen molar-refractivity contribution < 1.29 is 4.74 Å². The Morgan fingerprint density at radius 1 is 0.933 bits per heavy atom. The van der Waals surface area contributed by atoms with Crippen molar-refractivity contribution in [3.63, 3.8) is 0 Å². The third kappa shape index (κ3) is 4.87. The van der Waals surface area contributed by atoms with Crippen LogP contribution in [0.2, 0.25) is 0 Å². The van der Waals surface area contributed by atoms with Gasteiger partial charge in [-0.25, -0.2) is 0 Å². The van der Waals surface area contributed by atoms with Gasteiger partial charge in [0.05, 0.1) is 0 Å². The summed E-state index contributed by atoms with van der Waals surface area (Å²) in [6, 6.07) is 7.91. The number of hydrogen-bond donors (Lipinski definition) is 0. The Morgan fingerprint density at radius 2 is 1.40 bits per heavy atom. The second-order valence-electron chi connectivity index (χ2n) is 4.24. The van der Waals surface area contributed by atoms with Crippen molar-refractivity contribution in [1.29, 1.82) is 0 Å². The summed E-state index contributed by atoms with van der Waals surface area (Å²) in [5, 5.41) is 0. The average Bonchev–Trinajstić information content (AvgIpc) is 2.00. The Balaban J connectivity index is 2.82. The lowest BCUT2D eigenvalue weighted by Gasteiger charge is -2.22. The van der Waals surface area contributed by atoms with Crippen LogP contribution in [0.25, 0.3) is 0 Å².